The Hall–Kier alpha value is -2.95. The van der Waals surface area contributed by atoms with Gasteiger partial charge in [0.1, 0.15) is 0 Å². The van der Waals surface area contributed by atoms with Gasteiger partial charge in [-0.05, 0) is 38.0 Å². The highest BCUT2D eigenvalue weighted by molar-refractivity contribution is 6.01. The van der Waals surface area contributed by atoms with Gasteiger partial charge in [0.05, 0.1) is 5.92 Å². The highest BCUT2D eigenvalue weighted by atomic mass is 16.5. The Bertz CT molecular complexity index is 886. The summed E-state index contributed by atoms with van der Waals surface area (Å²) in [7, 11) is 0. The van der Waals surface area contributed by atoms with Gasteiger partial charge in [-0.2, -0.15) is 0 Å². The van der Waals surface area contributed by atoms with E-state index in [2.05, 4.69) is 0 Å². The molecule has 2 aromatic rings. The molecule has 0 spiro atoms. The van der Waals surface area contributed by atoms with Crippen molar-refractivity contribution in [3.8, 4) is 0 Å². The van der Waals surface area contributed by atoms with Gasteiger partial charge in [-0.25, -0.2) is 0 Å². The van der Waals surface area contributed by atoms with Gasteiger partial charge < -0.3 is 9.64 Å². The molecule has 0 N–H and O–H groups in total. The van der Waals surface area contributed by atoms with E-state index in [1.54, 1.807) is 17.0 Å². The number of esters is 1. The largest absolute Gasteiger partial charge is 0.457 e. The summed E-state index contributed by atoms with van der Waals surface area (Å²) in [6.07, 6.45) is 0.102. The fraction of sp³-hybridized carbons (Fsp3) is 0.318. The smallest absolute Gasteiger partial charge is 0.311 e. The van der Waals surface area contributed by atoms with E-state index in [0.717, 1.165) is 22.4 Å². The molecule has 0 aromatic heterocycles. The number of amides is 1. The summed E-state index contributed by atoms with van der Waals surface area (Å²) in [4.78, 5) is 38.5. The molecule has 3 rings (SSSR count). The van der Waals surface area contributed by atoms with Crippen LogP contribution >= 0.6 is 0 Å². The first-order valence-electron chi connectivity index (χ1n) is 8.99. The molecule has 0 aliphatic carbocycles. The van der Waals surface area contributed by atoms with Crippen LogP contribution in [0.25, 0.3) is 0 Å². The van der Waals surface area contributed by atoms with Crippen LogP contribution in [0.4, 0.5) is 5.69 Å². The molecule has 1 saturated heterocycles. The van der Waals surface area contributed by atoms with Gasteiger partial charge in [-0.3, -0.25) is 14.4 Å². The Kier molecular flexibility index (Phi) is 5.40. The maximum Gasteiger partial charge on any atom is 0.311 e. The average Bonchev–Trinajstić information content (AvgIpc) is 3.03. The number of rotatable bonds is 5. The van der Waals surface area contributed by atoms with E-state index in [1.807, 2.05) is 51.1 Å². The molecule has 1 aliphatic heterocycles. The Morgan fingerprint density at radius 3 is 2.41 bits per heavy atom. The summed E-state index contributed by atoms with van der Waals surface area (Å²) in [5.74, 6) is -1.41. The van der Waals surface area contributed by atoms with E-state index in [-0.39, 0.29) is 31.3 Å². The predicted molar refractivity (Wildman–Crippen MR) is 103 cm³/mol. The third-order valence-electron chi connectivity index (χ3n) is 4.83. The number of nitrogens with zero attached hydrogens (tertiary/aromatic N) is 1. The SMILES string of the molecule is Cc1ccc(C(=O)COC(=O)C2CC(=O)N(c3cc(C)ccc3C)C2)cc1. The zero-order chi connectivity index (χ0) is 19.6. The van der Waals surface area contributed by atoms with Crippen molar-refractivity contribution in [3.05, 3.63) is 64.7 Å². The van der Waals surface area contributed by atoms with Gasteiger partial charge in [0, 0.05) is 24.2 Å². The molecular weight excluding hydrogens is 342 g/mol. The standard InChI is InChI=1S/C22H23NO4/c1-14-5-8-17(9-6-14)20(24)13-27-22(26)18-11-21(25)23(12-18)19-10-15(2)4-7-16(19)3/h4-10,18H,11-13H2,1-3H3. The fourth-order valence-electron chi connectivity index (χ4n) is 3.19. The molecule has 1 unspecified atom stereocenters. The second kappa shape index (κ2) is 7.74. The van der Waals surface area contributed by atoms with Gasteiger partial charge in [-0.15, -0.1) is 0 Å². The molecule has 5 heteroatoms. The lowest BCUT2D eigenvalue weighted by atomic mass is 10.1. The molecule has 5 nitrogen and oxygen atoms in total. The molecule has 1 amide bonds. The van der Waals surface area contributed by atoms with Crippen molar-refractivity contribution in [2.75, 3.05) is 18.1 Å². The van der Waals surface area contributed by atoms with Crippen molar-refractivity contribution < 1.29 is 19.1 Å². The highest BCUT2D eigenvalue weighted by Crippen LogP contribution is 2.29. The predicted octanol–water partition coefficient (Wildman–Crippen LogP) is 3.39. The minimum atomic E-state index is -0.553. The molecule has 0 radical (unpaired) electrons. The fourth-order valence-corrected chi connectivity index (χ4v) is 3.19. The second-order valence-electron chi connectivity index (χ2n) is 7.09. The van der Waals surface area contributed by atoms with Crippen LogP contribution in [-0.4, -0.2) is 30.8 Å². The summed E-state index contributed by atoms with van der Waals surface area (Å²) >= 11 is 0. The second-order valence-corrected chi connectivity index (χ2v) is 7.09. The third-order valence-corrected chi connectivity index (χ3v) is 4.83. The number of hydrogen-bond donors (Lipinski definition) is 0. The van der Waals surface area contributed by atoms with E-state index in [0.29, 0.717) is 5.56 Å². The first kappa shape index (κ1) is 18.8. The summed E-state index contributed by atoms with van der Waals surface area (Å²) in [5.41, 5.74) is 4.43. The average molecular weight is 365 g/mol. The summed E-state index contributed by atoms with van der Waals surface area (Å²) in [6, 6.07) is 13.0. The van der Waals surface area contributed by atoms with Crippen LogP contribution in [0.1, 0.15) is 33.5 Å². The van der Waals surface area contributed by atoms with Crippen LogP contribution in [0.5, 0.6) is 0 Å². The van der Waals surface area contributed by atoms with Crippen molar-refractivity contribution in [1.29, 1.82) is 0 Å². The zero-order valence-electron chi connectivity index (χ0n) is 15.8. The number of carbonyl (C=O) groups excluding carboxylic acids is 3. The number of aryl methyl sites for hydroxylation is 3. The topological polar surface area (TPSA) is 63.7 Å². The first-order chi connectivity index (χ1) is 12.8. The lowest BCUT2D eigenvalue weighted by molar-refractivity contribution is -0.147. The minimum absolute atomic E-state index is 0.101. The van der Waals surface area contributed by atoms with Crippen LogP contribution in [0.3, 0.4) is 0 Å². The molecule has 1 aliphatic rings. The number of hydrogen-bond acceptors (Lipinski definition) is 4. The monoisotopic (exact) mass is 365 g/mol. The van der Waals surface area contributed by atoms with Crippen LogP contribution < -0.4 is 4.90 Å². The van der Waals surface area contributed by atoms with E-state index >= 15 is 0 Å². The quantitative estimate of drug-likeness (QED) is 0.602. The Balaban J connectivity index is 1.61. The maximum absolute atomic E-state index is 12.4. The molecule has 0 saturated carbocycles. The van der Waals surface area contributed by atoms with E-state index in [9.17, 15) is 14.4 Å². The number of ketones is 1. The Morgan fingerprint density at radius 2 is 1.70 bits per heavy atom. The number of anilines is 1. The minimum Gasteiger partial charge on any atom is -0.457 e. The molecule has 1 atom stereocenters. The van der Waals surface area contributed by atoms with E-state index < -0.39 is 11.9 Å². The molecule has 27 heavy (non-hydrogen) atoms. The van der Waals surface area contributed by atoms with Gasteiger partial charge >= 0.3 is 5.97 Å². The van der Waals surface area contributed by atoms with E-state index in [4.69, 9.17) is 4.74 Å². The van der Waals surface area contributed by atoms with Crippen LogP contribution in [0.15, 0.2) is 42.5 Å². The van der Waals surface area contributed by atoms with Crippen molar-refractivity contribution in [3.63, 3.8) is 0 Å². The summed E-state index contributed by atoms with van der Waals surface area (Å²) in [5, 5.41) is 0. The molecular formula is C22H23NO4. The molecule has 0 bridgehead atoms. The van der Waals surface area contributed by atoms with Gasteiger partial charge in [0.15, 0.2) is 12.4 Å². The third kappa shape index (κ3) is 4.25. The van der Waals surface area contributed by atoms with Crippen LogP contribution in [-0.2, 0) is 14.3 Å². The first-order valence-corrected chi connectivity index (χ1v) is 8.99. The summed E-state index contributed by atoms with van der Waals surface area (Å²) < 4.78 is 5.19. The van der Waals surface area contributed by atoms with Crippen molar-refractivity contribution in [2.24, 2.45) is 5.92 Å². The zero-order valence-corrected chi connectivity index (χ0v) is 15.8. The Morgan fingerprint density at radius 1 is 1.04 bits per heavy atom. The molecule has 2 aromatic carbocycles. The van der Waals surface area contributed by atoms with Crippen LogP contribution in [0, 0.1) is 26.7 Å². The maximum atomic E-state index is 12.4. The van der Waals surface area contributed by atoms with Crippen molar-refractivity contribution >= 4 is 23.3 Å². The molecule has 140 valence electrons. The van der Waals surface area contributed by atoms with Gasteiger partial charge in [0.25, 0.3) is 0 Å². The Labute approximate surface area is 158 Å². The summed E-state index contributed by atoms with van der Waals surface area (Å²) in [6.45, 7) is 5.81. The molecule has 1 heterocycles. The number of ether oxygens (including phenoxy) is 1. The van der Waals surface area contributed by atoms with Crippen LogP contribution in [0.2, 0.25) is 0 Å². The molecule has 1 fully saturated rings. The van der Waals surface area contributed by atoms with Crippen molar-refractivity contribution in [2.45, 2.75) is 27.2 Å². The van der Waals surface area contributed by atoms with Gasteiger partial charge in [-0.1, -0.05) is 42.0 Å². The normalized spacial score (nSPS) is 16.5. The number of Topliss-reactive ketones (excluding diaryl/α,β-unsaturated/α-hetero) is 1. The highest BCUT2D eigenvalue weighted by Gasteiger charge is 2.36. The van der Waals surface area contributed by atoms with E-state index in [1.165, 1.54) is 0 Å². The number of benzene rings is 2. The lowest BCUT2D eigenvalue weighted by Gasteiger charge is -2.19. The van der Waals surface area contributed by atoms with Gasteiger partial charge in [0.2, 0.25) is 5.91 Å². The lowest BCUT2D eigenvalue weighted by Crippen LogP contribution is -2.27. The number of carbonyl (C=O) groups is 3. The van der Waals surface area contributed by atoms with Crippen molar-refractivity contribution in [1.82, 2.24) is 0 Å².